The van der Waals surface area contributed by atoms with Gasteiger partial charge in [0.2, 0.25) is 5.89 Å². The van der Waals surface area contributed by atoms with Crippen molar-refractivity contribution < 1.29 is 4.52 Å². The zero-order valence-electron chi connectivity index (χ0n) is 13.4. The maximum atomic E-state index is 5.32. The Morgan fingerprint density at radius 2 is 2.00 bits per heavy atom. The Morgan fingerprint density at radius 3 is 2.70 bits per heavy atom. The van der Waals surface area contributed by atoms with E-state index in [4.69, 9.17) is 9.51 Å². The van der Waals surface area contributed by atoms with Crippen LogP contribution in [0.25, 0.3) is 10.2 Å². The third-order valence-corrected chi connectivity index (χ3v) is 5.84. The number of fused-ring (bicyclic) bond motifs is 1. The van der Waals surface area contributed by atoms with E-state index in [9.17, 15) is 0 Å². The number of hydrogen-bond donors (Lipinski definition) is 0. The first kappa shape index (κ1) is 14.8. The Balaban J connectivity index is 1.44. The number of nitrogens with zero attached hydrogens (tertiary/aromatic N) is 4. The highest BCUT2D eigenvalue weighted by Gasteiger charge is 2.28. The second-order valence-corrected chi connectivity index (χ2v) is 7.25. The molecule has 0 amide bonds. The average Bonchev–Trinajstić information content (AvgIpc) is 3.20. The Morgan fingerprint density at radius 1 is 1.22 bits per heavy atom. The summed E-state index contributed by atoms with van der Waals surface area (Å²) in [5.74, 6) is 2.00. The normalized spacial score (nSPS) is 18.5. The Bertz CT molecular complexity index is 771. The van der Waals surface area contributed by atoms with Gasteiger partial charge in [0.05, 0.1) is 21.3 Å². The molecule has 1 unspecified atom stereocenters. The van der Waals surface area contributed by atoms with E-state index in [1.54, 1.807) is 0 Å². The van der Waals surface area contributed by atoms with Gasteiger partial charge in [-0.15, -0.1) is 11.3 Å². The van der Waals surface area contributed by atoms with Crippen LogP contribution < -0.4 is 0 Å². The van der Waals surface area contributed by atoms with E-state index in [-0.39, 0.29) is 6.04 Å². The number of benzene rings is 1. The van der Waals surface area contributed by atoms with Gasteiger partial charge in [-0.2, -0.15) is 4.98 Å². The highest BCUT2D eigenvalue weighted by Crippen LogP contribution is 2.35. The maximum Gasteiger partial charge on any atom is 0.243 e. The molecule has 6 heteroatoms. The summed E-state index contributed by atoms with van der Waals surface area (Å²) in [6.07, 6.45) is 2.27. The molecule has 0 saturated carbocycles. The largest absolute Gasteiger partial charge is 0.338 e. The van der Waals surface area contributed by atoms with Crippen molar-refractivity contribution in [2.45, 2.75) is 38.6 Å². The summed E-state index contributed by atoms with van der Waals surface area (Å²) < 4.78 is 6.61. The van der Waals surface area contributed by atoms with Crippen LogP contribution in [0.3, 0.4) is 0 Å². The molecule has 120 valence electrons. The van der Waals surface area contributed by atoms with Crippen LogP contribution in [0.5, 0.6) is 0 Å². The van der Waals surface area contributed by atoms with Gasteiger partial charge in [0.25, 0.3) is 0 Å². The predicted molar refractivity (Wildman–Crippen MR) is 90.6 cm³/mol. The van der Waals surface area contributed by atoms with E-state index in [0.717, 1.165) is 37.3 Å². The lowest BCUT2D eigenvalue weighted by Gasteiger charge is -2.33. The smallest absolute Gasteiger partial charge is 0.243 e. The van der Waals surface area contributed by atoms with E-state index in [1.165, 1.54) is 9.71 Å². The zero-order valence-corrected chi connectivity index (χ0v) is 14.2. The molecule has 3 heterocycles. The number of hydrogen-bond acceptors (Lipinski definition) is 6. The van der Waals surface area contributed by atoms with Crippen LogP contribution >= 0.6 is 11.3 Å². The van der Waals surface area contributed by atoms with E-state index < -0.39 is 0 Å². The standard InChI is InChI=1S/C17H20N4OS/c1-11(16-18-12(2)20-22-16)21-9-7-13(8-10-21)17-19-14-5-3-4-6-15(14)23-17/h3-6,11,13H,7-10H2,1-2H3. The Kier molecular flexibility index (Phi) is 3.87. The van der Waals surface area contributed by atoms with Crippen LogP contribution in [-0.4, -0.2) is 33.1 Å². The van der Waals surface area contributed by atoms with Gasteiger partial charge in [0, 0.05) is 5.92 Å². The fourth-order valence-electron chi connectivity index (χ4n) is 3.24. The van der Waals surface area contributed by atoms with Gasteiger partial charge in [-0.1, -0.05) is 17.3 Å². The molecule has 1 atom stereocenters. The van der Waals surface area contributed by atoms with E-state index >= 15 is 0 Å². The quantitative estimate of drug-likeness (QED) is 0.729. The zero-order chi connectivity index (χ0) is 15.8. The van der Waals surface area contributed by atoms with Gasteiger partial charge in [0.1, 0.15) is 0 Å². The highest BCUT2D eigenvalue weighted by atomic mass is 32.1. The van der Waals surface area contributed by atoms with Gasteiger partial charge in [-0.05, 0) is 51.9 Å². The van der Waals surface area contributed by atoms with Gasteiger partial charge >= 0.3 is 0 Å². The lowest BCUT2D eigenvalue weighted by atomic mass is 9.96. The van der Waals surface area contributed by atoms with E-state index in [2.05, 4.69) is 46.2 Å². The van der Waals surface area contributed by atoms with Crippen LogP contribution in [0.4, 0.5) is 0 Å². The SMILES string of the molecule is Cc1noc(C(C)N2CCC(c3nc4ccccc4s3)CC2)n1. The van der Waals surface area contributed by atoms with Crippen molar-refractivity contribution in [2.75, 3.05) is 13.1 Å². The second kappa shape index (κ2) is 6.02. The minimum Gasteiger partial charge on any atom is -0.338 e. The monoisotopic (exact) mass is 328 g/mol. The third-order valence-electron chi connectivity index (χ3n) is 4.64. The van der Waals surface area contributed by atoms with E-state index in [1.807, 2.05) is 18.3 Å². The lowest BCUT2D eigenvalue weighted by molar-refractivity contribution is 0.136. The molecule has 5 nitrogen and oxygen atoms in total. The number of rotatable bonds is 3. The second-order valence-electron chi connectivity index (χ2n) is 6.19. The molecule has 1 fully saturated rings. The number of likely N-dealkylation sites (tertiary alicyclic amines) is 1. The molecule has 4 rings (SSSR count). The maximum absolute atomic E-state index is 5.32. The van der Waals surface area contributed by atoms with Crippen molar-refractivity contribution in [1.29, 1.82) is 0 Å². The molecular weight excluding hydrogens is 308 g/mol. The first-order valence-electron chi connectivity index (χ1n) is 8.10. The topological polar surface area (TPSA) is 55.1 Å². The highest BCUT2D eigenvalue weighted by molar-refractivity contribution is 7.18. The van der Waals surface area contributed by atoms with Gasteiger partial charge in [-0.3, -0.25) is 4.90 Å². The van der Waals surface area contributed by atoms with Crippen LogP contribution in [0, 0.1) is 6.92 Å². The van der Waals surface area contributed by atoms with Crippen LogP contribution in [-0.2, 0) is 0 Å². The summed E-state index contributed by atoms with van der Waals surface area (Å²) in [6.45, 7) is 6.09. The number of para-hydroxylation sites is 1. The number of piperidine rings is 1. The molecule has 0 N–H and O–H groups in total. The van der Waals surface area contributed by atoms with Gasteiger partial charge in [-0.25, -0.2) is 4.98 Å². The van der Waals surface area contributed by atoms with Crippen molar-refractivity contribution in [3.63, 3.8) is 0 Å². The van der Waals surface area contributed by atoms with Gasteiger partial charge < -0.3 is 4.52 Å². The minimum absolute atomic E-state index is 0.188. The van der Waals surface area contributed by atoms with Crippen molar-refractivity contribution >= 4 is 21.6 Å². The first-order chi connectivity index (χ1) is 11.2. The van der Waals surface area contributed by atoms with Crippen molar-refractivity contribution in [3.8, 4) is 0 Å². The number of aryl methyl sites for hydroxylation is 1. The summed E-state index contributed by atoms with van der Waals surface area (Å²) in [7, 11) is 0. The molecule has 2 aromatic heterocycles. The molecule has 1 aliphatic heterocycles. The summed E-state index contributed by atoms with van der Waals surface area (Å²) in [6, 6.07) is 8.59. The summed E-state index contributed by atoms with van der Waals surface area (Å²) >= 11 is 1.84. The fourth-order valence-corrected chi connectivity index (χ4v) is 4.37. The van der Waals surface area contributed by atoms with Crippen molar-refractivity contribution in [2.24, 2.45) is 0 Å². The van der Waals surface area contributed by atoms with Crippen LogP contribution in [0.1, 0.15) is 48.4 Å². The van der Waals surface area contributed by atoms with Crippen molar-refractivity contribution in [3.05, 3.63) is 41.0 Å². The average molecular weight is 328 g/mol. The number of aromatic nitrogens is 3. The fraction of sp³-hybridized carbons (Fsp3) is 0.471. The van der Waals surface area contributed by atoms with E-state index in [0.29, 0.717) is 11.7 Å². The Hall–Kier alpha value is -1.79. The molecule has 23 heavy (non-hydrogen) atoms. The van der Waals surface area contributed by atoms with Gasteiger partial charge in [0.15, 0.2) is 5.82 Å². The molecule has 1 aliphatic rings. The molecule has 3 aromatic rings. The van der Waals surface area contributed by atoms with Crippen LogP contribution in [0.15, 0.2) is 28.8 Å². The molecule has 0 radical (unpaired) electrons. The van der Waals surface area contributed by atoms with Crippen molar-refractivity contribution in [1.82, 2.24) is 20.0 Å². The summed E-state index contributed by atoms with van der Waals surface area (Å²) in [5.41, 5.74) is 1.13. The Labute approximate surface area is 139 Å². The third kappa shape index (κ3) is 2.88. The summed E-state index contributed by atoms with van der Waals surface area (Å²) in [4.78, 5) is 11.6. The molecule has 0 bridgehead atoms. The first-order valence-corrected chi connectivity index (χ1v) is 8.92. The molecule has 0 spiro atoms. The molecular formula is C17H20N4OS. The lowest BCUT2D eigenvalue weighted by Crippen LogP contribution is -2.35. The predicted octanol–water partition coefficient (Wildman–Crippen LogP) is 3.93. The molecule has 1 aromatic carbocycles. The molecule has 0 aliphatic carbocycles. The van der Waals surface area contributed by atoms with Crippen LogP contribution in [0.2, 0.25) is 0 Å². The molecule has 1 saturated heterocycles. The number of thiazole rings is 1. The summed E-state index contributed by atoms with van der Waals surface area (Å²) in [5, 5.41) is 5.18. The minimum atomic E-state index is 0.188.